The van der Waals surface area contributed by atoms with Gasteiger partial charge in [-0.25, -0.2) is 0 Å². The summed E-state index contributed by atoms with van der Waals surface area (Å²) in [6.07, 6.45) is 0.969. The molecule has 2 amide bonds. The lowest BCUT2D eigenvalue weighted by Gasteiger charge is -2.31. The third kappa shape index (κ3) is 4.94. The SMILES string of the molecule is CC(C)(C)[C@H]1OCC[C@@H]1CNC(=O)C(=O)Nc1cccc(Cl)c1. The van der Waals surface area contributed by atoms with Crippen molar-refractivity contribution in [3.63, 3.8) is 0 Å². The Morgan fingerprint density at radius 3 is 2.70 bits per heavy atom. The van der Waals surface area contributed by atoms with Crippen LogP contribution in [0.2, 0.25) is 5.02 Å². The molecule has 1 aliphatic heterocycles. The summed E-state index contributed by atoms with van der Waals surface area (Å²) in [6.45, 7) is 7.47. The van der Waals surface area contributed by atoms with E-state index in [0.29, 0.717) is 23.9 Å². The number of ether oxygens (including phenoxy) is 1. The van der Waals surface area contributed by atoms with Crippen molar-refractivity contribution in [2.75, 3.05) is 18.5 Å². The summed E-state index contributed by atoms with van der Waals surface area (Å²) in [5.41, 5.74) is 0.504. The Labute approximate surface area is 141 Å². The summed E-state index contributed by atoms with van der Waals surface area (Å²) < 4.78 is 5.77. The zero-order chi connectivity index (χ0) is 17.0. The summed E-state index contributed by atoms with van der Waals surface area (Å²) in [4.78, 5) is 23.9. The van der Waals surface area contributed by atoms with Crippen LogP contribution >= 0.6 is 11.6 Å². The third-order valence-electron chi connectivity index (χ3n) is 3.88. The van der Waals surface area contributed by atoms with Gasteiger partial charge in [-0.2, -0.15) is 0 Å². The van der Waals surface area contributed by atoms with Crippen LogP contribution in [0.3, 0.4) is 0 Å². The van der Waals surface area contributed by atoms with Gasteiger partial charge in [-0.3, -0.25) is 9.59 Å². The van der Waals surface area contributed by atoms with E-state index in [1.54, 1.807) is 24.3 Å². The fraction of sp³-hybridized carbons (Fsp3) is 0.529. The van der Waals surface area contributed by atoms with Gasteiger partial charge in [0.2, 0.25) is 0 Å². The van der Waals surface area contributed by atoms with Crippen LogP contribution in [0.4, 0.5) is 5.69 Å². The molecule has 23 heavy (non-hydrogen) atoms. The summed E-state index contributed by atoms with van der Waals surface area (Å²) in [5, 5.41) is 5.73. The molecule has 1 fully saturated rings. The van der Waals surface area contributed by atoms with Crippen molar-refractivity contribution in [2.45, 2.75) is 33.3 Å². The van der Waals surface area contributed by atoms with E-state index in [1.165, 1.54) is 0 Å². The first-order valence-corrected chi connectivity index (χ1v) is 8.11. The molecule has 1 aromatic carbocycles. The van der Waals surface area contributed by atoms with Gasteiger partial charge in [-0.1, -0.05) is 38.4 Å². The highest BCUT2D eigenvalue weighted by Crippen LogP contribution is 2.34. The average Bonchev–Trinajstić information content (AvgIpc) is 2.93. The highest BCUT2D eigenvalue weighted by Gasteiger charge is 2.37. The minimum atomic E-state index is -0.696. The number of halogens is 1. The molecule has 1 aliphatic rings. The van der Waals surface area contributed by atoms with Gasteiger partial charge in [0.1, 0.15) is 0 Å². The lowest BCUT2D eigenvalue weighted by atomic mass is 9.81. The van der Waals surface area contributed by atoms with Gasteiger partial charge in [0.25, 0.3) is 0 Å². The van der Waals surface area contributed by atoms with Crippen molar-refractivity contribution in [2.24, 2.45) is 11.3 Å². The number of carbonyl (C=O) groups excluding carboxylic acids is 2. The molecule has 2 N–H and O–H groups in total. The number of nitrogens with one attached hydrogen (secondary N) is 2. The minimum absolute atomic E-state index is 0.00887. The largest absolute Gasteiger partial charge is 0.377 e. The summed E-state index contributed by atoms with van der Waals surface area (Å²) >= 11 is 5.85. The molecule has 5 nitrogen and oxygen atoms in total. The first-order chi connectivity index (χ1) is 10.8. The molecule has 1 aromatic rings. The number of hydrogen-bond acceptors (Lipinski definition) is 3. The Hall–Kier alpha value is -1.59. The van der Waals surface area contributed by atoms with Gasteiger partial charge < -0.3 is 15.4 Å². The molecule has 1 heterocycles. The average molecular weight is 339 g/mol. The van der Waals surface area contributed by atoms with E-state index in [1.807, 2.05) is 0 Å². The minimum Gasteiger partial charge on any atom is -0.377 e. The highest BCUT2D eigenvalue weighted by molar-refractivity contribution is 6.39. The molecule has 6 heteroatoms. The monoisotopic (exact) mass is 338 g/mol. The van der Waals surface area contributed by atoms with E-state index in [2.05, 4.69) is 31.4 Å². The van der Waals surface area contributed by atoms with Gasteiger partial charge in [0.05, 0.1) is 6.10 Å². The molecule has 0 spiro atoms. The molecule has 2 atom stereocenters. The zero-order valence-electron chi connectivity index (χ0n) is 13.7. The van der Waals surface area contributed by atoms with Crippen molar-refractivity contribution < 1.29 is 14.3 Å². The number of anilines is 1. The molecule has 1 saturated heterocycles. The van der Waals surface area contributed by atoms with E-state index < -0.39 is 11.8 Å². The summed E-state index contributed by atoms with van der Waals surface area (Å²) in [6, 6.07) is 6.67. The normalized spacial score (nSPS) is 21.0. The molecular formula is C17H23ClN2O3. The Morgan fingerprint density at radius 2 is 2.04 bits per heavy atom. The Kier molecular flexibility index (Phi) is 5.65. The summed E-state index contributed by atoms with van der Waals surface area (Å²) in [7, 11) is 0. The van der Waals surface area contributed by atoms with Crippen molar-refractivity contribution in [1.82, 2.24) is 5.32 Å². The first-order valence-electron chi connectivity index (χ1n) is 7.74. The van der Waals surface area contributed by atoms with Crippen molar-refractivity contribution in [1.29, 1.82) is 0 Å². The fourth-order valence-corrected chi connectivity index (χ4v) is 3.05. The van der Waals surface area contributed by atoms with Gasteiger partial charge >= 0.3 is 11.8 Å². The van der Waals surface area contributed by atoms with E-state index in [4.69, 9.17) is 16.3 Å². The van der Waals surface area contributed by atoms with Gasteiger partial charge in [-0.05, 0) is 30.0 Å². The van der Waals surface area contributed by atoms with Crippen LogP contribution in [0.25, 0.3) is 0 Å². The van der Waals surface area contributed by atoms with Gasteiger partial charge in [-0.15, -0.1) is 0 Å². The lowest BCUT2D eigenvalue weighted by molar-refractivity contribution is -0.136. The Morgan fingerprint density at radius 1 is 1.30 bits per heavy atom. The Bertz CT molecular complexity index is 583. The van der Waals surface area contributed by atoms with Crippen molar-refractivity contribution in [3.8, 4) is 0 Å². The molecule has 0 aliphatic carbocycles. The van der Waals surface area contributed by atoms with Crippen LogP contribution in [-0.2, 0) is 14.3 Å². The molecule has 0 aromatic heterocycles. The molecular weight excluding hydrogens is 316 g/mol. The molecule has 0 radical (unpaired) electrons. The van der Waals surface area contributed by atoms with Crippen LogP contribution in [-0.4, -0.2) is 31.1 Å². The summed E-state index contributed by atoms with van der Waals surface area (Å²) in [5.74, 6) is -1.12. The number of carbonyl (C=O) groups is 2. The maximum absolute atomic E-state index is 11.9. The fourth-order valence-electron chi connectivity index (χ4n) is 2.86. The van der Waals surface area contributed by atoms with E-state index in [-0.39, 0.29) is 17.4 Å². The van der Waals surface area contributed by atoms with Crippen molar-refractivity contribution >= 4 is 29.1 Å². The second kappa shape index (κ2) is 7.32. The van der Waals surface area contributed by atoms with E-state index >= 15 is 0 Å². The second-order valence-electron chi connectivity index (χ2n) is 6.88. The van der Waals surface area contributed by atoms with Gasteiger partial charge in [0.15, 0.2) is 0 Å². The molecule has 0 bridgehead atoms. The topological polar surface area (TPSA) is 67.4 Å². The van der Waals surface area contributed by atoms with Crippen LogP contribution in [0.5, 0.6) is 0 Å². The second-order valence-corrected chi connectivity index (χ2v) is 7.32. The molecule has 0 unspecified atom stereocenters. The standard InChI is InChI=1S/C17H23ClN2O3/c1-17(2,3)14-11(7-8-23-14)10-19-15(21)16(22)20-13-6-4-5-12(18)9-13/h4-6,9,11,14H,7-8,10H2,1-3H3,(H,19,21)(H,20,22)/t11-,14+/m1/s1. The van der Waals surface area contributed by atoms with Crippen LogP contribution < -0.4 is 10.6 Å². The van der Waals surface area contributed by atoms with E-state index in [0.717, 1.165) is 6.42 Å². The number of hydrogen-bond donors (Lipinski definition) is 2. The maximum Gasteiger partial charge on any atom is 0.313 e. The highest BCUT2D eigenvalue weighted by atomic mass is 35.5. The molecule has 126 valence electrons. The van der Waals surface area contributed by atoms with Crippen LogP contribution in [0.15, 0.2) is 24.3 Å². The smallest absolute Gasteiger partial charge is 0.313 e. The van der Waals surface area contributed by atoms with Crippen LogP contribution in [0, 0.1) is 11.3 Å². The number of benzene rings is 1. The quantitative estimate of drug-likeness (QED) is 0.833. The van der Waals surface area contributed by atoms with Crippen molar-refractivity contribution in [3.05, 3.63) is 29.3 Å². The first kappa shape index (κ1) is 17.8. The number of amides is 2. The molecule has 0 saturated carbocycles. The zero-order valence-corrected chi connectivity index (χ0v) is 14.4. The third-order valence-corrected chi connectivity index (χ3v) is 4.12. The Balaban J connectivity index is 1.86. The van der Waals surface area contributed by atoms with E-state index in [9.17, 15) is 9.59 Å². The van der Waals surface area contributed by atoms with Gasteiger partial charge in [0, 0.05) is 29.8 Å². The maximum atomic E-state index is 11.9. The number of rotatable bonds is 3. The predicted octanol–water partition coefficient (Wildman–Crippen LogP) is 2.85. The lowest BCUT2D eigenvalue weighted by Crippen LogP contribution is -2.42. The van der Waals surface area contributed by atoms with Crippen LogP contribution in [0.1, 0.15) is 27.2 Å². The molecule has 2 rings (SSSR count). The predicted molar refractivity (Wildman–Crippen MR) is 90.4 cm³/mol.